The lowest BCUT2D eigenvalue weighted by Crippen LogP contribution is -2.31. The molecule has 2 unspecified atom stereocenters. The van der Waals surface area contributed by atoms with E-state index in [1.54, 1.807) is 6.92 Å². The normalized spacial score (nSPS) is 20.6. The second-order valence-electron chi connectivity index (χ2n) is 8.46. The summed E-state index contributed by atoms with van der Waals surface area (Å²) >= 11 is 0. The number of aromatic nitrogens is 1. The molecule has 0 saturated heterocycles. The van der Waals surface area contributed by atoms with Crippen LogP contribution in [0, 0.1) is 12.8 Å². The van der Waals surface area contributed by atoms with Crippen LogP contribution in [-0.4, -0.2) is 48.4 Å². The van der Waals surface area contributed by atoms with Gasteiger partial charge in [-0.1, -0.05) is 12.1 Å². The molecule has 7 heteroatoms. The number of rotatable bonds is 8. The number of benzene rings is 1. The van der Waals surface area contributed by atoms with Crippen molar-refractivity contribution in [2.75, 3.05) is 20.6 Å². The van der Waals surface area contributed by atoms with Gasteiger partial charge in [0.2, 0.25) is 5.76 Å². The molecular formula is C22H28N4O3. The molecule has 154 valence electrons. The molecule has 7 nitrogen and oxygen atoms in total. The molecule has 2 atom stereocenters. The number of nitrogens with one attached hydrogen (secondary N) is 2. The summed E-state index contributed by atoms with van der Waals surface area (Å²) in [6, 6.07) is 7.78. The zero-order chi connectivity index (χ0) is 20.5. The van der Waals surface area contributed by atoms with Crippen molar-refractivity contribution in [2.24, 2.45) is 5.92 Å². The molecule has 0 bridgehead atoms. The van der Waals surface area contributed by atoms with E-state index in [0.29, 0.717) is 35.4 Å². The number of amides is 2. The standard InChI is InChI=1S/C22H28N4O3/c1-13-19(29-22(24-13)16-8-9-16)21(28)23-11-17-10-18(17)25-20(27)15-6-4-14(5-7-15)12-26(2)3/h4-7,16-18H,8-12H2,1-3H3,(H,23,28)(H,25,27). The van der Waals surface area contributed by atoms with Crippen molar-refractivity contribution < 1.29 is 14.0 Å². The van der Waals surface area contributed by atoms with E-state index in [-0.39, 0.29) is 23.8 Å². The molecule has 2 saturated carbocycles. The molecule has 1 heterocycles. The average molecular weight is 396 g/mol. The first-order valence-electron chi connectivity index (χ1n) is 10.2. The van der Waals surface area contributed by atoms with Crippen LogP contribution in [0.15, 0.2) is 28.7 Å². The molecule has 1 aromatic carbocycles. The summed E-state index contributed by atoms with van der Waals surface area (Å²) in [7, 11) is 4.03. The Morgan fingerprint density at radius 1 is 1.17 bits per heavy atom. The number of carbonyl (C=O) groups excluding carboxylic acids is 2. The van der Waals surface area contributed by atoms with Crippen LogP contribution in [0.1, 0.15) is 63.2 Å². The molecule has 0 aliphatic heterocycles. The highest BCUT2D eigenvalue weighted by atomic mass is 16.4. The van der Waals surface area contributed by atoms with Crippen molar-refractivity contribution in [2.45, 2.75) is 44.7 Å². The van der Waals surface area contributed by atoms with Crippen LogP contribution in [0.2, 0.25) is 0 Å². The van der Waals surface area contributed by atoms with Crippen molar-refractivity contribution in [3.8, 4) is 0 Å². The van der Waals surface area contributed by atoms with Crippen LogP contribution in [-0.2, 0) is 6.54 Å². The van der Waals surface area contributed by atoms with Crippen LogP contribution in [0.25, 0.3) is 0 Å². The third kappa shape index (κ3) is 4.85. The van der Waals surface area contributed by atoms with Gasteiger partial charge in [-0.2, -0.15) is 0 Å². The maximum atomic E-state index is 12.4. The first kappa shape index (κ1) is 19.6. The second-order valence-corrected chi connectivity index (χ2v) is 8.46. The van der Waals surface area contributed by atoms with Gasteiger partial charge in [-0.25, -0.2) is 4.98 Å². The molecule has 2 N–H and O–H groups in total. The van der Waals surface area contributed by atoms with Crippen molar-refractivity contribution in [3.05, 3.63) is 52.7 Å². The highest BCUT2D eigenvalue weighted by molar-refractivity contribution is 5.94. The first-order valence-corrected chi connectivity index (χ1v) is 10.2. The molecule has 2 aromatic rings. The topological polar surface area (TPSA) is 87.5 Å². The molecule has 2 fully saturated rings. The quantitative estimate of drug-likeness (QED) is 0.716. The Hall–Kier alpha value is -2.67. The minimum absolute atomic E-state index is 0.0691. The maximum absolute atomic E-state index is 12.4. The van der Waals surface area contributed by atoms with Crippen LogP contribution >= 0.6 is 0 Å². The van der Waals surface area contributed by atoms with Gasteiger partial charge in [0.25, 0.3) is 11.8 Å². The Labute approximate surface area is 170 Å². The highest BCUT2D eigenvalue weighted by Gasteiger charge is 2.39. The molecule has 2 aliphatic rings. The van der Waals surface area contributed by atoms with Gasteiger partial charge < -0.3 is 20.0 Å². The van der Waals surface area contributed by atoms with Crippen molar-refractivity contribution in [3.63, 3.8) is 0 Å². The van der Waals surface area contributed by atoms with E-state index in [1.165, 1.54) is 5.56 Å². The Bertz CT molecular complexity index is 899. The lowest BCUT2D eigenvalue weighted by atomic mass is 10.1. The Kier molecular flexibility index (Phi) is 5.41. The SMILES string of the molecule is Cc1nc(C2CC2)oc1C(=O)NCC1CC1NC(=O)c1ccc(CN(C)C)cc1. The Morgan fingerprint density at radius 2 is 1.90 bits per heavy atom. The molecular weight excluding hydrogens is 368 g/mol. The van der Waals surface area contributed by atoms with E-state index in [2.05, 4.69) is 20.5 Å². The largest absolute Gasteiger partial charge is 0.435 e. The molecule has 29 heavy (non-hydrogen) atoms. The summed E-state index contributed by atoms with van der Waals surface area (Å²) in [5.74, 6) is 1.33. The molecule has 0 spiro atoms. The number of nitrogens with zero attached hydrogens (tertiary/aromatic N) is 2. The van der Waals surface area contributed by atoms with Gasteiger partial charge in [0.15, 0.2) is 5.89 Å². The van der Waals surface area contributed by atoms with E-state index in [4.69, 9.17) is 4.42 Å². The highest BCUT2D eigenvalue weighted by Crippen LogP contribution is 2.40. The number of oxazole rings is 1. The molecule has 1 aromatic heterocycles. The second kappa shape index (κ2) is 7.99. The van der Waals surface area contributed by atoms with E-state index in [0.717, 1.165) is 25.8 Å². The lowest BCUT2D eigenvalue weighted by molar-refractivity contribution is 0.0921. The third-order valence-electron chi connectivity index (χ3n) is 5.42. The zero-order valence-corrected chi connectivity index (χ0v) is 17.2. The molecule has 2 aliphatic carbocycles. The van der Waals surface area contributed by atoms with Crippen molar-refractivity contribution in [1.82, 2.24) is 20.5 Å². The van der Waals surface area contributed by atoms with E-state index in [9.17, 15) is 9.59 Å². The zero-order valence-electron chi connectivity index (χ0n) is 17.2. The summed E-state index contributed by atoms with van der Waals surface area (Å²) in [6.07, 6.45) is 3.04. The number of aryl methyl sites for hydroxylation is 1. The number of hydrogen-bond acceptors (Lipinski definition) is 5. The van der Waals surface area contributed by atoms with Gasteiger partial charge in [0, 0.05) is 30.6 Å². The summed E-state index contributed by atoms with van der Waals surface area (Å²) in [5, 5.41) is 5.96. The lowest BCUT2D eigenvalue weighted by Gasteiger charge is -2.10. The maximum Gasteiger partial charge on any atom is 0.289 e. The Balaban J connectivity index is 1.23. The molecule has 2 amide bonds. The van der Waals surface area contributed by atoms with Gasteiger partial charge in [0.1, 0.15) is 0 Å². The molecule has 4 rings (SSSR count). The predicted octanol–water partition coefficient (Wildman–Crippen LogP) is 2.47. The van der Waals surface area contributed by atoms with Gasteiger partial charge in [0.05, 0.1) is 5.69 Å². The minimum atomic E-state index is -0.227. The van der Waals surface area contributed by atoms with Gasteiger partial charge in [-0.15, -0.1) is 0 Å². The fourth-order valence-corrected chi connectivity index (χ4v) is 3.47. The van der Waals surface area contributed by atoms with Crippen molar-refractivity contribution >= 4 is 11.8 Å². The third-order valence-corrected chi connectivity index (χ3v) is 5.42. The Morgan fingerprint density at radius 3 is 2.55 bits per heavy atom. The number of carbonyl (C=O) groups is 2. The van der Waals surface area contributed by atoms with E-state index >= 15 is 0 Å². The van der Waals surface area contributed by atoms with E-state index in [1.807, 2.05) is 38.4 Å². The van der Waals surface area contributed by atoms with Crippen LogP contribution < -0.4 is 10.6 Å². The average Bonchev–Trinajstić information content (AvgIpc) is 3.60. The fourth-order valence-electron chi connectivity index (χ4n) is 3.47. The van der Waals surface area contributed by atoms with Gasteiger partial charge in [-0.05, 0) is 63.9 Å². The predicted molar refractivity (Wildman–Crippen MR) is 109 cm³/mol. The summed E-state index contributed by atoms with van der Waals surface area (Å²) in [5.41, 5.74) is 2.47. The first-order chi connectivity index (χ1) is 13.9. The van der Waals surface area contributed by atoms with E-state index < -0.39 is 0 Å². The van der Waals surface area contributed by atoms with Crippen LogP contribution in [0.5, 0.6) is 0 Å². The van der Waals surface area contributed by atoms with Gasteiger partial charge in [-0.3, -0.25) is 9.59 Å². The summed E-state index contributed by atoms with van der Waals surface area (Å²) in [4.78, 5) is 31.2. The minimum Gasteiger partial charge on any atom is -0.435 e. The van der Waals surface area contributed by atoms with Crippen LogP contribution in [0.4, 0.5) is 0 Å². The molecule has 0 radical (unpaired) electrons. The fraction of sp³-hybridized carbons (Fsp3) is 0.500. The summed E-state index contributed by atoms with van der Waals surface area (Å²) < 4.78 is 5.64. The number of hydrogen-bond donors (Lipinski definition) is 2. The summed E-state index contributed by atoms with van der Waals surface area (Å²) in [6.45, 7) is 3.16. The smallest absolute Gasteiger partial charge is 0.289 e. The van der Waals surface area contributed by atoms with Crippen molar-refractivity contribution in [1.29, 1.82) is 0 Å². The van der Waals surface area contributed by atoms with Gasteiger partial charge >= 0.3 is 0 Å². The monoisotopic (exact) mass is 396 g/mol. The van der Waals surface area contributed by atoms with Crippen LogP contribution in [0.3, 0.4) is 0 Å².